The number of amides is 3. The standard InChI is InChI=1S/C27H19BrCl2N2O7S/c1-36-22-7-14(6-18(28)25(22)37-12-15-2-3-16(29)9-19(15)30)8-23-26(34)32(27(35)40-23)11-24(33)31-17-4-5-20-21(10-17)39-13-38-20/h2-10H,11-13H2,1H3,(H,31,33)/b23-8+. The van der Waals surface area contributed by atoms with Gasteiger partial charge in [0.2, 0.25) is 12.7 Å². The number of nitrogens with one attached hydrogen (secondary N) is 1. The van der Waals surface area contributed by atoms with Gasteiger partial charge in [0.15, 0.2) is 23.0 Å². The van der Waals surface area contributed by atoms with Crippen LogP contribution in [0.25, 0.3) is 6.08 Å². The van der Waals surface area contributed by atoms with Gasteiger partial charge in [0.05, 0.1) is 16.5 Å². The van der Waals surface area contributed by atoms with Gasteiger partial charge in [0, 0.05) is 27.4 Å². The maximum absolute atomic E-state index is 13.0. The highest BCUT2D eigenvalue weighted by molar-refractivity contribution is 9.10. The zero-order valence-electron chi connectivity index (χ0n) is 20.7. The number of ether oxygens (including phenoxy) is 4. The van der Waals surface area contributed by atoms with E-state index >= 15 is 0 Å². The molecule has 0 radical (unpaired) electrons. The molecule has 0 aromatic heterocycles. The van der Waals surface area contributed by atoms with Crippen LogP contribution in [0.3, 0.4) is 0 Å². The van der Waals surface area contributed by atoms with Crippen molar-refractivity contribution in [2.75, 3.05) is 25.8 Å². The minimum atomic E-state index is -0.580. The number of anilines is 1. The van der Waals surface area contributed by atoms with Crippen molar-refractivity contribution in [3.8, 4) is 23.0 Å². The van der Waals surface area contributed by atoms with Gasteiger partial charge in [-0.05, 0) is 75.7 Å². The summed E-state index contributed by atoms with van der Waals surface area (Å²) in [5, 5.41) is 3.10. The second kappa shape index (κ2) is 12.0. The third-order valence-electron chi connectivity index (χ3n) is 5.77. The van der Waals surface area contributed by atoms with Crippen molar-refractivity contribution in [2.24, 2.45) is 0 Å². The number of methoxy groups -OCH3 is 1. The van der Waals surface area contributed by atoms with Crippen LogP contribution in [0, 0.1) is 0 Å². The smallest absolute Gasteiger partial charge is 0.294 e. The number of carbonyl (C=O) groups is 3. The van der Waals surface area contributed by atoms with E-state index in [1.165, 1.54) is 7.11 Å². The lowest BCUT2D eigenvalue weighted by Crippen LogP contribution is -2.36. The second-order valence-electron chi connectivity index (χ2n) is 8.44. The zero-order valence-corrected chi connectivity index (χ0v) is 24.6. The van der Waals surface area contributed by atoms with Crippen LogP contribution in [0.5, 0.6) is 23.0 Å². The molecule has 13 heteroatoms. The fraction of sp³-hybridized carbons (Fsp3) is 0.148. The highest BCUT2D eigenvalue weighted by Crippen LogP contribution is 2.40. The average Bonchev–Trinajstić information content (AvgIpc) is 3.48. The summed E-state index contributed by atoms with van der Waals surface area (Å²) in [5.41, 5.74) is 1.77. The maximum atomic E-state index is 13.0. The van der Waals surface area contributed by atoms with Crippen molar-refractivity contribution in [3.63, 3.8) is 0 Å². The number of halogens is 3. The number of hydrogen-bond donors (Lipinski definition) is 1. The lowest BCUT2D eigenvalue weighted by atomic mass is 10.1. The summed E-state index contributed by atoms with van der Waals surface area (Å²) in [7, 11) is 1.49. The van der Waals surface area contributed by atoms with Gasteiger partial charge in [-0.3, -0.25) is 19.3 Å². The number of benzene rings is 3. The number of nitrogens with zero attached hydrogens (tertiary/aromatic N) is 1. The molecular weight excluding hydrogens is 647 g/mol. The normalized spacial score (nSPS) is 15.1. The van der Waals surface area contributed by atoms with Gasteiger partial charge in [-0.1, -0.05) is 29.3 Å². The first-order valence-corrected chi connectivity index (χ1v) is 14.0. The third kappa shape index (κ3) is 6.17. The van der Waals surface area contributed by atoms with Crippen LogP contribution in [0.15, 0.2) is 57.9 Å². The van der Waals surface area contributed by atoms with Gasteiger partial charge in [0.1, 0.15) is 13.2 Å². The van der Waals surface area contributed by atoms with E-state index in [4.69, 9.17) is 42.1 Å². The van der Waals surface area contributed by atoms with Crippen LogP contribution in [0.2, 0.25) is 10.0 Å². The molecule has 3 amide bonds. The molecule has 1 saturated heterocycles. The summed E-state index contributed by atoms with van der Waals surface area (Å²) in [4.78, 5) is 39.2. The molecule has 2 aliphatic heterocycles. The number of hydrogen-bond acceptors (Lipinski definition) is 8. The Morgan fingerprint density at radius 1 is 1.12 bits per heavy atom. The van der Waals surface area contributed by atoms with Gasteiger partial charge < -0.3 is 24.3 Å². The van der Waals surface area contributed by atoms with Crippen molar-refractivity contribution in [2.45, 2.75) is 6.61 Å². The molecule has 1 N–H and O–H groups in total. The molecular formula is C27H19BrCl2N2O7S. The molecule has 0 saturated carbocycles. The van der Waals surface area contributed by atoms with Crippen LogP contribution >= 0.6 is 50.9 Å². The van der Waals surface area contributed by atoms with Crippen LogP contribution in [0.1, 0.15) is 11.1 Å². The first-order chi connectivity index (χ1) is 19.2. The SMILES string of the molecule is COc1cc(/C=C2/SC(=O)N(CC(=O)Nc3ccc4c(c3)OCO4)C2=O)cc(Br)c1OCc1ccc(Cl)cc1Cl. The fourth-order valence-corrected chi connectivity index (χ4v) is 5.73. The van der Waals surface area contributed by atoms with E-state index in [1.54, 1.807) is 54.6 Å². The Hall–Kier alpha value is -3.38. The molecule has 206 valence electrons. The van der Waals surface area contributed by atoms with Gasteiger partial charge in [-0.15, -0.1) is 0 Å². The first-order valence-electron chi connectivity index (χ1n) is 11.6. The molecule has 2 heterocycles. The number of thioether (sulfide) groups is 1. The van der Waals surface area contributed by atoms with Crippen molar-refractivity contribution in [3.05, 3.63) is 79.1 Å². The molecule has 9 nitrogen and oxygen atoms in total. The predicted octanol–water partition coefficient (Wildman–Crippen LogP) is 6.75. The van der Waals surface area contributed by atoms with Crippen LogP contribution < -0.4 is 24.3 Å². The number of fused-ring (bicyclic) bond motifs is 1. The number of carbonyl (C=O) groups excluding carboxylic acids is 3. The summed E-state index contributed by atoms with van der Waals surface area (Å²) in [6.07, 6.45) is 1.55. The van der Waals surface area contributed by atoms with E-state index < -0.39 is 23.6 Å². The van der Waals surface area contributed by atoms with Gasteiger partial charge >= 0.3 is 0 Å². The van der Waals surface area contributed by atoms with Crippen molar-refractivity contribution in [1.82, 2.24) is 4.90 Å². The lowest BCUT2D eigenvalue weighted by molar-refractivity contribution is -0.127. The van der Waals surface area contributed by atoms with Gasteiger partial charge in [-0.2, -0.15) is 0 Å². The fourth-order valence-electron chi connectivity index (χ4n) is 3.86. The zero-order chi connectivity index (χ0) is 28.4. The number of imide groups is 1. The first kappa shape index (κ1) is 28.2. The molecule has 2 aliphatic rings. The minimum absolute atomic E-state index is 0.103. The monoisotopic (exact) mass is 664 g/mol. The second-order valence-corrected chi connectivity index (χ2v) is 11.1. The van der Waals surface area contributed by atoms with Crippen LogP contribution in [-0.2, 0) is 16.2 Å². The molecule has 3 aromatic carbocycles. The highest BCUT2D eigenvalue weighted by Gasteiger charge is 2.36. The molecule has 3 aromatic rings. The van der Waals surface area contributed by atoms with E-state index in [0.717, 1.165) is 22.2 Å². The van der Waals surface area contributed by atoms with E-state index in [-0.39, 0.29) is 18.3 Å². The highest BCUT2D eigenvalue weighted by atomic mass is 79.9. The largest absolute Gasteiger partial charge is 0.493 e. The van der Waals surface area contributed by atoms with Crippen LogP contribution in [-0.4, -0.2) is 42.4 Å². The van der Waals surface area contributed by atoms with E-state index in [1.807, 2.05) is 0 Å². The molecule has 1 fully saturated rings. The Bertz CT molecular complexity index is 1570. The van der Waals surface area contributed by atoms with Gasteiger partial charge in [0.25, 0.3) is 11.1 Å². The Balaban J connectivity index is 1.27. The quantitative estimate of drug-likeness (QED) is 0.264. The molecule has 40 heavy (non-hydrogen) atoms. The van der Waals surface area contributed by atoms with E-state index in [2.05, 4.69) is 21.2 Å². The molecule has 0 aliphatic carbocycles. The summed E-state index contributed by atoms with van der Waals surface area (Å²) < 4.78 is 22.6. The maximum Gasteiger partial charge on any atom is 0.294 e. The predicted molar refractivity (Wildman–Crippen MR) is 155 cm³/mol. The molecule has 0 atom stereocenters. The Labute approximate surface area is 251 Å². The lowest BCUT2D eigenvalue weighted by Gasteiger charge is -2.14. The summed E-state index contributed by atoms with van der Waals surface area (Å²) >= 11 is 16.4. The topological polar surface area (TPSA) is 103 Å². The Morgan fingerprint density at radius 3 is 2.70 bits per heavy atom. The summed E-state index contributed by atoms with van der Waals surface area (Å²) in [6.45, 7) is -0.173. The molecule has 0 bridgehead atoms. The Morgan fingerprint density at radius 2 is 1.93 bits per heavy atom. The minimum Gasteiger partial charge on any atom is -0.493 e. The molecule has 0 spiro atoms. The van der Waals surface area contributed by atoms with Crippen molar-refractivity contribution < 1.29 is 33.3 Å². The van der Waals surface area contributed by atoms with Crippen molar-refractivity contribution in [1.29, 1.82) is 0 Å². The van der Waals surface area contributed by atoms with E-state index in [9.17, 15) is 14.4 Å². The molecule has 0 unspecified atom stereocenters. The third-order valence-corrected chi connectivity index (χ3v) is 7.85. The summed E-state index contributed by atoms with van der Waals surface area (Å²) in [6, 6.07) is 13.4. The summed E-state index contributed by atoms with van der Waals surface area (Å²) in [5.74, 6) is 0.784. The van der Waals surface area contributed by atoms with Crippen LogP contribution in [0.4, 0.5) is 10.5 Å². The number of rotatable bonds is 8. The molecule has 5 rings (SSSR count). The van der Waals surface area contributed by atoms with E-state index in [0.29, 0.717) is 48.8 Å². The Kier molecular flexibility index (Phi) is 8.46. The van der Waals surface area contributed by atoms with Gasteiger partial charge in [-0.25, -0.2) is 0 Å². The average molecular weight is 666 g/mol. The van der Waals surface area contributed by atoms with Crippen molar-refractivity contribution >= 4 is 79.7 Å².